The number of thiazole rings is 1. The number of rotatable bonds is 2. The zero-order valence-corrected chi connectivity index (χ0v) is 13.3. The van der Waals surface area contributed by atoms with Crippen molar-refractivity contribution in [2.24, 2.45) is 0 Å². The normalized spacial score (nSPS) is 22.0. The number of ether oxygens (including phenoxy) is 1. The molecule has 4 nitrogen and oxygen atoms in total. The molecule has 1 aliphatic rings. The quantitative estimate of drug-likeness (QED) is 0.921. The van der Waals surface area contributed by atoms with Crippen LogP contribution in [0.25, 0.3) is 10.2 Å². The van der Waals surface area contributed by atoms with Gasteiger partial charge in [-0.05, 0) is 33.8 Å². The van der Waals surface area contributed by atoms with E-state index >= 15 is 0 Å². The predicted octanol–water partition coefficient (Wildman–Crippen LogP) is 3.38. The van der Waals surface area contributed by atoms with Crippen LogP contribution in [-0.2, 0) is 0 Å². The lowest BCUT2D eigenvalue weighted by Crippen LogP contribution is -2.60. The van der Waals surface area contributed by atoms with E-state index in [1.807, 2.05) is 6.07 Å². The summed E-state index contributed by atoms with van der Waals surface area (Å²) in [5, 5.41) is 4.42. The fourth-order valence-corrected chi connectivity index (χ4v) is 4.11. The number of aromatic nitrogens is 2. The van der Waals surface area contributed by atoms with Gasteiger partial charge < -0.3 is 10.1 Å². The highest BCUT2D eigenvalue weighted by Crippen LogP contribution is 2.34. The summed E-state index contributed by atoms with van der Waals surface area (Å²) in [6.45, 7) is 8.91. The van der Waals surface area contributed by atoms with Crippen LogP contribution in [0.1, 0.15) is 40.5 Å². The lowest BCUT2D eigenvalue weighted by Gasteiger charge is -2.45. The Morgan fingerprint density at radius 3 is 2.60 bits per heavy atom. The van der Waals surface area contributed by atoms with E-state index in [4.69, 9.17) is 4.74 Å². The summed E-state index contributed by atoms with van der Waals surface area (Å²) in [5.41, 5.74) is 1.09. The number of fused-ring (bicyclic) bond motifs is 1. The highest BCUT2D eigenvalue weighted by atomic mass is 32.1. The maximum atomic E-state index is 6.15. The zero-order chi connectivity index (χ0) is 14.4. The average molecular weight is 291 g/mol. The molecule has 2 aromatic rings. The zero-order valence-electron chi connectivity index (χ0n) is 12.4. The lowest BCUT2D eigenvalue weighted by atomic mass is 9.81. The summed E-state index contributed by atoms with van der Waals surface area (Å²) >= 11 is 1.60. The molecule has 20 heavy (non-hydrogen) atoms. The Kier molecular flexibility index (Phi) is 3.21. The predicted molar refractivity (Wildman–Crippen MR) is 82.4 cm³/mol. The third kappa shape index (κ3) is 2.94. The summed E-state index contributed by atoms with van der Waals surface area (Å²) in [6.07, 6.45) is 5.76. The molecule has 108 valence electrons. The number of nitrogens with one attached hydrogen (secondary N) is 1. The van der Waals surface area contributed by atoms with Crippen molar-refractivity contribution in [3.63, 3.8) is 0 Å². The molecule has 3 heterocycles. The molecule has 3 rings (SSSR count). The third-order valence-electron chi connectivity index (χ3n) is 3.59. The van der Waals surface area contributed by atoms with Gasteiger partial charge in [0.1, 0.15) is 11.6 Å². The number of pyridine rings is 1. The molecule has 0 aliphatic carbocycles. The minimum Gasteiger partial charge on any atom is -0.467 e. The van der Waals surface area contributed by atoms with Crippen LogP contribution in [0.4, 0.5) is 0 Å². The number of hydrogen-bond acceptors (Lipinski definition) is 5. The molecule has 0 saturated carbocycles. The maximum Gasteiger partial charge on any atom is 0.274 e. The van der Waals surface area contributed by atoms with Crippen LogP contribution in [0, 0.1) is 0 Å². The summed E-state index contributed by atoms with van der Waals surface area (Å²) in [7, 11) is 0. The minimum absolute atomic E-state index is 0.0880. The first kappa shape index (κ1) is 13.8. The van der Waals surface area contributed by atoms with Crippen molar-refractivity contribution in [1.82, 2.24) is 15.3 Å². The van der Waals surface area contributed by atoms with E-state index in [-0.39, 0.29) is 17.2 Å². The van der Waals surface area contributed by atoms with Gasteiger partial charge in [-0.15, -0.1) is 0 Å². The van der Waals surface area contributed by atoms with Crippen molar-refractivity contribution in [3.05, 3.63) is 18.5 Å². The number of piperidine rings is 1. The van der Waals surface area contributed by atoms with Crippen molar-refractivity contribution in [2.75, 3.05) is 0 Å². The summed E-state index contributed by atoms with van der Waals surface area (Å²) in [6, 6.07) is 1.98. The van der Waals surface area contributed by atoms with Crippen molar-refractivity contribution in [2.45, 2.75) is 57.7 Å². The second-order valence-corrected chi connectivity index (χ2v) is 7.86. The van der Waals surface area contributed by atoms with Crippen LogP contribution < -0.4 is 10.1 Å². The van der Waals surface area contributed by atoms with Crippen LogP contribution in [0.15, 0.2) is 18.5 Å². The van der Waals surface area contributed by atoms with Gasteiger partial charge in [0.25, 0.3) is 5.19 Å². The van der Waals surface area contributed by atoms with Crippen molar-refractivity contribution in [3.8, 4) is 5.19 Å². The van der Waals surface area contributed by atoms with Crippen LogP contribution in [0.2, 0.25) is 0 Å². The molecular formula is C15H21N3OS. The van der Waals surface area contributed by atoms with E-state index in [0.29, 0.717) is 0 Å². The van der Waals surface area contributed by atoms with E-state index < -0.39 is 0 Å². The molecule has 2 aromatic heterocycles. The van der Waals surface area contributed by atoms with Gasteiger partial charge in [-0.2, -0.15) is 0 Å². The maximum absolute atomic E-state index is 6.15. The van der Waals surface area contributed by atoms with Crippen molar-refractivity contribution in [1.29, 1.82) is 0 Å². The molecule has 0 radical (unpaired) electrons. The van der Waals surface area contributed by atoms with Gasteiger partial charge in [-0.1, -0.05) is 11.3 Å². The Labute approximate surface area is 123 Å². The Balaban J connectivity index is 1.79. The molecule has 1 aliphatic heterocycles. The largest absolute Gasteiger partial charge is 0.467 e. The molecule has 0 aromatic carbocycles. The standard InChI is InChI=1S/C15H21N3OS/c1-14(2)7-10(8-15(3,4)18-14)19-13-17-11-9-16-6-5-12(11)20-13/h5-6,9-10,18H,7-8H2,1-4H3. The van der Waals surface area contributed by atoms with E-state index in [9.17, 15) is 0 Å². The fraction of sp³-hybridized carbons (Fsp3) is 0.600. The van der Waals surface area contributed by atoms with Crippen molar-refractivity contribution >= 4 is 21.6 Å². The van der Waals surface area contributed by atoms with Crippen molar-refractivity contribution < 1.29 is 4.74 Å². The molecular weight excluding hydrogens is 270 g/mol. The number of nitrogens with zero attached hydrogens (tertiary/aromatic N) is 2. The average Bonchev–Trinajstić information content (AvgIpc) is 2.66. The van der Waals surface area contributed by atoms with Gasteiger partial charge in [0.15, 0.2) is 0 Å². The molecule has 1 N–H and O–H groups in total. The van der Waals surface area contributed by atoms with Gasteiger partial charge in [0.05, 0.1) is 10.9 Å². The SMILES string of the molecule is CC1(C)CC(Oc2nc3cnccc3s2)CC(C)(C)N1. The van der Waals surface area contributed by atoms with Crippen LogP contribution in [-0.4, -0.2) is 27.1 Å². The molecule has 0 spiro atoms. The lowest BCUT2D eigenvalue weighted by molar-refractivity contribution is 0.0559. The molecule has 1 fully saturated rings. The van der Waals surface area contributed by atoms with E-state index in [1.54, 1.807) is 23.7 Å². The molecule has 0 unspecified atom stereocenters. The Morgan fingerprint density at radius 1 is 1.25 bits per heavy atom. The van der Waals surface area contributed by atoms with Gasteiger partial charge in [-0.3, -0.25) is 4.98 Å². The first-order valence-electron chi connectivity index (χ1n) is 7.00. The number of hydrogen-bond donors (Lipinski definition) is 1. The summed E-state index contributed by atoms with van der Waals surface area (Å²) in [5.74, 6) is 0. The minimum atomic E-state index is 0.0880. The van der Waals surface area contributed by atoms with E-state index in [2.05, 4.69) is 43.0 Å². The van der Waals surface area contributed by atoms with Crippen LogP contribution in [0.3, 0.4) is 0 Å². The fourth-order valence-electron chi connectivity index (χ4n) is 3.26. The monoisotopic (exact) mass is 291 g/mol. The van der Waals surface area contributed by atoms with E-state index in [1.165, 1.54) is 0 Å². The van der Waals surface area contributed by atoms with Gasteiger partial charge >= 0.3 is 0 Å². The van der Waals surface area contributed by atoms with Crippen LogP contribution in [0.5, 0.6) is 5.19 Å². The second kappa shape index (κ2) is 4.67. The molecule has 5 heteroatoms. The highest BCUT2D eigenvalue weighted by molar-refractivity contribution is 7.20. The highest BCUT2D eigenvalue weighted by Gasteiger charge is 2.39. The molecule has 0 bridgehead atoms. The molecule has 0 amide bonds. The Bertz CT molecular complexity index is 571. The van der Waals surface area contributed by atoms with E-state index in [0.717, 1.165) is 28.3 Å². The second-order valence-electron chi connectivity index (χ2n) is 6.86. The first-order valence-corrected chi connectivity index (χ1v) is 7.81. The van der Waals surface area contributed by atoms with Gasteiger partial charge in [-0.25, -0.2) is 4.98 Å². The van der Waals surface area contributed by atoms with Crippen LogP contribution >= 0.6 is 11.3 Å². The molecule has 0 atom stereocenters. The molecule has 1 saturated heterocycles. The smallest absolute Gasteiger partial charge is 0.274 e. The summed E-state index contributed by atoms with van der Waals surface area (Å²) < 4.78 is 7.28. The third-order valence-corrected chi connectivity index (χ3v) is 4.52. The first-order chi connectivity index (χ1) is 9.33. The Morgan fingerprint density at radius 2 is 1.95 bits per heavy atom. The topological polar surface area (TPSA) is 47.0 Å². The van der Waals surface area contributed by atoms with Gasteiger partial charge in [0.2, 0.25) is 0 Å². The Hall–Kier alpha value is -1.20. The van der Waals surface area contributed by atoms with Gasteiger partial charge in [0, 0.05) is 30.1 Å². The summed E-state index contributed by atoms with van der Waals surface area (Å²) in [4.78, 5) is 8.61.